The first kappa shape index (κ1) is 16.0. The quantitative estimate of drug-likeness (QED) is 0.573. The summed E-state index contributed by atoms with van der Waals surface area (Å²) in [6, 6.07) is 0. The Morgan fingerprint density at radius 2 is 2.24 bits per heavy atom. The summed E-state index contributed by atoms with van der Waals surface area (Å²) in [6.07, 6.45) is 8.08. The maximum absolute atomic E-state index is 12.1. The van der Waals surface area contributed by atoms with Gasteiger partial charge in [-0.05, 0) is 18.9 Å². The molecule has 1 amide bonds. The smallest absolute Gasteiger partial charge is 0.414 e. The Morgan fingerprint density at radius 3 is 2.90 bits per heavy atom. The molecule has 21 heavy (non-hydrogen) atoms. The summed E-state index contributed by atoms with van der Waals surface area (Å²) in [7, 11) is -3.56. The zero-order chi connectivity index (χ0) is 15.5. The van der Waals surface area contributed by atoms with E-state index in [1.807, 2.05) is 25.2 Å². The molecule has 0 radical (unpaired) electrons. The van der Waals surface area contributed by atoms with E-state index in [-0.39, 0.29) is 12.5 Å². The Bertz CT molecular complexity index is 552. The van der Waals surface area contributed by atoms with Crippen LogP contribution in [0.5, 0.6) is 0 Å². The van der Waals surface area contributed by atoms with Crippen LogP contribution in [-0.2, 0) is 19.0 Å². The lowest BCUT2D eigenvalue weighted by atomic mass is 9.95. The van der Waals surface area contributed by atoms with Crippen LogP contribution in [0.4, 0.5) is 4.79 Å². The number of carbonyl (C=O) groups excluding carboxylic acids is 1. The number of ether oxygens (including phenoxy) is 1. The molecule has 6 nitrogen and oxygen atoms in total. The number of unbranched alkanes of at least 4 members (excludes halogenated alkanes) is 1. The van der Waals surface area contributed by atoms with Gasteiger partial charge in [-0.1, -0.05) is 25.5 Å². The predicted molar refractivity (Wildman–Crippen MR) is 78.0 cm³/mol. The Balaban J connectivity index is 2.09. The Morgan fingerprint density at radius 1 is 1.48 bits per heavy atom. The summed E-state index contributed by atoms with van der Waals surface area (Å²) in [5, 5.41) is 0. The second-order valence-corrected chi connectivity index (χ2v) is 6.88. The standard InChI is InChI=1S/C14H21NO5S/c1-3-4-9-19-14(16)15-10-13(20-21(2,17)18)11-7-5-6-8-12(11)15/h5-6,8,11,13H,3-4,7,9-10H2,1-2H3. The van der Waals surface area contributed by atoms with Crippen molar-refractivity contribution in [3.05, 3.63) is 23.9 Å². The van der Waals surface area contributed by atoms with Crippen LogP contribution in [0.3, 0.4) is 0 Å². The van der Waals surface area contributed by atoms with Crippen LogP contribution in [0.15, 0.2) is 23.9 Å². The number of likely N-dealkylation sites (tertiary alicyclic amines) is 1. The molecular formula is C14H21NO5S. The van der Waals surface area contributed by atoms with Gasteiger partial charge in [0, 0.05) is 11.6 Å². The van der Waals surface area contributed by atoms with Crippen LogP contribution in [0.25, 0.3) is 0 Å². The van der Waals surface area contributed by atoms with E-state index in [4.69, 9.17) is 8.92 Å². The molecular weight excluding hydrogens is 294 g/mol. The van der Waals surface area contributed by atoms with Gasteiger partial charge in [0.2, 0.25) is 0 Å². The molecule has 0 bridgehead atoms. The summed E-state index contributed by atoms with van der Waals surface area (Å²) >= 11 is 0. The molecule has 1 aliphatic carbocycles. The lowest BCUT2D eigenvalue weighted by Gasteiger charge is -2.21. The number of amides is 1. The highest BCUT2D eigenvalue weighted by Gasteiger charge is 2.42. The average Bonchev–Trinajstić information content (AvgIpc) is 2.76. The van der Waals surface area contributed by atoms with Crippen molar-refractivity contribution in [3.8, 4) is 0 Å². The van der Waals surface area contributed by atoms with Gasteiger partial charge in [-0.3, -0.25) is 9.08 Å². The fourth-order valence-corrected chi connectivity index (χ4v) is 3.21. The molecule has 1 fully saturated rings. The lowest BCUT2D eigenvalue weighted by molar-refractivity contribution is 0.110. The zero-order valence-corrected chi connectivity index (χ0v) is 13.1. The number of carbonyl (C=O) groups is 1. The van der Waals surface area contributed by atoms with Crippen LogP contribution < -0.4 is 0 Å². The van der Waals surface area contributed by atoms with E-state index < -0.39 is 22.3 Å². The molecule has 0 saturated carbocycles. The van der Waals surface area contributed by atoms with Gasteiger partial charge < -0.3 is 4.74 Å². The molecule has 2 unspecified atom stereocenters. The van der Waals surface area contributed by atoms with E-state index in [0.29, 0.717) is 13.0 Å². The van der Waals surface area contributed by atoms with E-state index in [1.54, 1.807) is 0 Å². The van der Waals surface area contributed by atoms with Crippen molar-refractivity contribution in [2.75, 3.05) is 19.4 Å². The normalized spacial score (nSPS) is 24.7. The van der Waals surface area contributed by atoms with E-state index in [1.165, 1.54) is 4.90 Å². The van der Waals surface area contributed by atoms with Crippen molar-refractivity contribution in [3.63, 3.8) is 0 Å². The molecule has 1 heterocycles. The number of hydrogen-bond donors (Lipinski definition) is 0. The fraction of sp³-hybridized carbons (Fsp3) is 0.643. The van der Waals surface area contributed by atoms with Gasteiger partial charge in [0.15, 0.2) is 0 Å². The Labute approximate surface area is 125 Å². The third kappa shape index (κ3) is 4.07. The fourth-order valence-electron chi connectivity index (χ4n) is 2.56. The molecule has 118 valence electrons. The number of fused-ring (bicyclic) bond motifs is 1. The molecule has 0 aromatic carbocycles. The number of rotatable bonds is 5. The molecule has 7 heteroatoms. The minimum atomic E-state index is -3.56. The molecule has 1 saturated heterocycles. The first-order valence-corrected chi connectivity index (χ1v) is 8.93. The lowest BCUT2D eigenvalue weighted by Crippen LogP contribution is -2.30. The van der Waals surface area contributed by atoms with Gasteiger partial charge in [-0.15, -0.1) is 0 Å². The number of allylic oxidation sites excluding steroid dienone is 3. The summed E-state index contributed by atoms with van der Waals surface area (Å²) in [5.74, 6) is -0.122. The summed E-state index contributed by atoms with van der Waals surface area (Å²) in [5.41, 5.74) is 0.771. The Hall–Kier alpha value is -1.34. The van der Waals surface area contributed by atoms with E-state index in [9.17, 15) is 13.2 Å². The molecule has 2 rings (SSSR count). The second kappa shape index (κ2) is 6.62. The average molecular weight is 315 g/mol. The maximum atomic E-state index is 12.1. The Kier molecular flexibility index (Phi) is 5.05. The third-order valence-electron chi connectivity index (χ3n) is 3.54. The van der Waals surface area contributed by atoms with Gasteiger partial charge in [0.1, 0.15) is 6.10 Å². The highest BCUT2D eigenvalue weighted by Crippen LogP contribution is 2.36. The van der Waals surface area contributed by atoms with Crippen molar-refractivity contribution in [1.82, 2.24) is 4.90 Å². The van der Waals surface area contributed by atoms with Crippen LogP contribution in [0.2, 0.25) is 0 Å². The highest BCUT2D eigenvalue weighted by atomic mass is 32.2. The first-order valence-electron chi connectivity index (χ1n) is 7.11. The van der Waals surface area contributed by atoms with Gasteiger partial charge >= 0.3 is 6.09 Å². The number of hydrogen-bond acceptors (Lipinski definition) is 5. The second-order valence-electron chi connectivity index (χ2n) is 5.28. The highest BCUT2D eigenvalue weighted by molar-refractivity contribution is 7.86. The third-order valence-corrected chi connectivity index (χ3v) is 4.13. The summed E-state index contributed by atoms with van der Waals surface area (Å²) in [4.78, 5) is 13.6. The topological polar surface area (TPSA) is 72.9 Å². The van der Waals surface area contributed by atoms with Crippen LogP contribution in [0, 0.1) is 5.92 Å². The zero-order valence-electron chi connectivity index (χ0n) is 12.3. The first-order chi connectivity index (χ1) is 9.92. The molecule has 0 spiro atoms. The van der Waals surface area contributed by atoms with Crippen molar-refractivity contribution >= 4 is 16.2 Å². The van der Waals surface area contributed by atoms with E-state index in [0.717, 1.165) is 24.8 Å². The summed E-state index contributed by atoms with van der Waals surface area (Å²) < 4.78 is 33.0. The molecule has 0 aromatic rings. The molecule has 1 aliphatic heterocycles. The van der Waals surface area contributed by atoms with Gasteiger partial charge in [0.25, 0.3) is 10.1 Å². The van der Waals surface area contributed by atoms with Crippen molar-refractivity contribution in [2.45, 2.75) is 32.3 Å². The van der Waals surface area contributed by atoms with Crippen molar-refractivity contribution < 1.29 is 22.1 Å². The van der Waals surface area contributed by atoms with Crippen LogP contribution >= 0.6 is 0 Å². The minimum Gasteiger partial charge on any atom is -0.449 e. The van der Waals surface area contributed by atoms with Crippen LogP contribution in [-0.4, -0.2) is 44.9 Å². The van der Waals surface area contributed by atoms with Gasteiger partial charge in [-0.25, -0.2) is 4.79 Å². The molecule has 2 aliphatic rings. The SMILES string of the molecule is CCCCOC(=O)N1CC(OS(C)(=O)=O)C2CC=CC=C21. The molecule has 2 atom stereocenters. The van der Waals surface area contributed by atoms with Gasteiger partial charge in [-0.2, -0.15) is 8.42 Å². The van der Waals surface area contributed by atoms with Crippen molar-refractivity contribution in [1.29, 1.82) is 0 Å². The molecule has 0 aromatic heterocycles. The van der Waals surface area contributed by atoms with Crippen LogP contribution in [0.1, 0.15) is 26.2 Å². The maximum Gasteiger partial charge on any atom is 0.414 e. The largest absolute Gasteiger partial charge is 0.449 e. The van der Waals surface area contributed by atoms with Crippen molar-refractivity contribution in [2.24, 2.45) is 5.92 Å². The summed E-state index contributed by atoms with van der Waals surface area (Å²) in [6.45, 7) is 2.59. The van der Waals surface area contributed by atoms with Gasteiger partial charge in [0.05, 0.1) is 19.4 Å². The monoisotopic (exact) mass is 315 g/mol. The number of nitrogens with zero attached hydrogens (tertiary/aromatic N) is 1. The van der Waals surface area contributed by atoms with E-state index in [2.05, 4.69) is 0 Å². The minimum absolute atomic E-state index is 0.122. The molecule has 0 N–H and O–H groups in total. The van der Waals surface area contributed by atoms with E-state index >= 15 is 0 Å². The predicted octanol–water partition coefficient (Wildman–Crippen LogP) is 2.04.